The summed E-state index contributed by atoms with van der Waals surface area (Å²) in [4.78, 5) is 11.2. The molecular formula is C11H14N4. The number of nitrogens with zero attached hydrogens (tertiary/aromatic N) is 2. The number of hydrogen-bond acceptors (Lipinski definition) is 3. The van der Waals surface area contributed by atoms with Crippen molar-refractivity contribution in [1.29, 1.82) is 0 Å². The summed E-state index contributed by atoms with van der Waals surface area (Å²) in [6.45, 7) is 1.99. The van der Waals surface area contributed by atoms with Crippen molar-refractivity contribution in [2.45, 2.75) is 19.8 Å². The zero-order chi connectivity index (χ0) is 10.7. The summed E-state index contributed by atoms with van der Waals surface area (Å²) < 4.78 is 0. The number of imidazole rings is 1. The highest BCUT2D eigenvalue weighted by atomic mass is 15.0. The van der Waals surface area contributed by atoms with Crippen LogP contribution in [-0.2, 0) is 12.8 Å². The van der Waals surface area contributed by atoms with Crippen LogP contribution >= 0.6 is 0 Å². The summed E-state index contributed by atoms with van der Waals surface area (Å²) in [6.07, 6.45) is 5.49. The molecule has 2 aromatic heterocycles. The summed E-state index contributed by atoms with van der Waals surface area (Å²) in [5.41, 5.74) is 8.94. The van der Waals surface area contributed by atoms with E-state index in [9.17, 15) is 0 Å². The Morgan fingerprint density at radius 2 is 2.00 bits per heavy atom. The zero-order valence-electron chi connectivity index (χ0n) is 8.70. The minimum atomic E-state index is 0.497. The molecule has 0 saturated carbocycles. The van der Waals surface area contributed by atoms with E-state index in [0.29, 0.717) is 5.95 Å². The molecule has 0 saturated heterocycles. The van der Waals surface area contributed by atoms with E-state index in [1.165, 1.54) is 5.56 Å². The maximum absolute atomic E-state index is 5.57. The number of aryl methyl sites for hydroxylation is 3. The quantitative estimate of drug-likeness (QED) is 0.792. The number of nitrogen functional groups attached to an aromatic ring is 1. The summed E-state index contributed by atoms with van der Waals surface area (Å²) in [7, 11) is 0. The molecule has 4 heteroatoms. The first-order chi connectivity index (χ1) is 7.25. The van der Waals surface area contributed by atoms with Gasteiger partial charge in [-0.15, -0.1) is 0 Å². The van der Waals surface area contributed by atoms with Crippen LogP contribution in [0.5, 0.6) is 0 Å². The highest BCUT2D eigenvalue weighted by Crippen LogP contribution is 2.09. The third kappa shape index (κ3) is 2.34. The Morgan fingerprint density at radius 3 is 2.60 bits per heavy atom. The van der Waals surface area contributed by atoms with Crippen molar-refractivity contribution < 1.29 is 0 Å². The molecule has 4 nitrogen and oxygen atoms in total. The van der Waals surface area contributed by atoms with Gasteiger partial charge in [-0.3, -0.25) is 4.98 Å². The van der Waals surface area contributed by atoms with Gasteiger partial charge in [0, 0.05) is 18.1 Å². The molecule has 0 aromatic carbocycles. The molecule has 0 aliphatic carbocycles. The molecule has 0 bridgehead atoms. The molecule has 0 spiro atoms. The standard InChI is InChI=1S/C11H14N4/c1-8-10(15-11(12)14-8)3-2-9-4-6-13-7-5-9/h4-7H,2-3H2,1H3,(H3,12,14,15). The van der Waals surface area contributed by atoms with E-state index in [4.69, 9.17) is 5.73 Å². The maximum Gasteiger partial charge on any atom is 0.197 e. The van der Waals surface area contributed by atoms with E-state index in [1.807, 2.05) is 19.1 Å². The smallest absolute Gasteiger partial charge is 0.197 e. The maximum atomic E-state index is 5.57. The van der Waals surface area contributed by atoms with E-state index in [2.05, 4.69) is 15.0 Å². The first-order valence-corrected chi connectivity index (χ1v) is 4.95. The first-order valence-electron chi connectivity index (χ1n) is 4.95. The summed E-state index contributed by atoms with van der Waals surface area (Å²) in [5, 5.41) is 0. The summed E-state index contributed by atoms with van der Waals surface area (Å²) >= 11 is 0. The van der Waals surface area contributed by atoms with Crippen LogP contribution in [0.2, 0.25) is 0 Å². The van der Waals surface area contributed by atoms with Gasteiger partial charge in [0.15, 0.2) is 5.95 Å². The first kappa shape index (κ1) is 9.71. The number of anilines is 1. The lowest BCUT2D eigenvalue weighted by Gasteiger charge is -1.99. The average Bonchev–Trinajstić information content (AvgIpc) is 2.56. The van der Waals surface area contributed by atoms with E-state index >= 15 is 0 Å². The van der Waals surface area contributed by atoms with Crippen molar-refractivity contribution in [3.63, 3.8) is 0 Å². The van der Waals surface area contributed by atoms with E-state index in [-0.39, 0.29) is 0 Å². The highest BCUT2D eigenvalue weighted by Gasteiger charge is 2.04. The van der Waals surface area contributed by atoms with Gasteiger partial charge in [-0.1, -0.05) is 0 Å². The minimum Gasteiger partial charge on any atom is -0.369 e. The number of pyridine rings is 1. The zero-order valence-corrected chi connectivity index (χ0v) is 8.70. The fourth-order valence-corrected chi connectivity index (χ4v) is 1.58. The van der Waals surface area contributed by atoms with Gasteiger partial charge in [0.05, 0.1) is 5.69 Å². The second-order valence-electron chi connectivity index (χ2n) is 3.55. The molecule has 0 fully saturated rings. The Morgan fingerprint density at radius 1 is 1.27 bits per heavy atom. The lowest BCUT2D eigenvalue weighted by atomic mass is 10.1. The molecule has 0 amide bonds. The van der Waals surface area contributed by atoms with Crippen LogP contribution in [0.25, 0.3) is 0 Å². The highest BCUT2D eigenvalue weighted by molar-refractivity contribution is 5.26. The lowest BCUT2D eigenvalue weighted by Crippen LogP contribution is -1.94. The predicted molar refractivity (Wildman–Crippen MR) is 59.4 cm³/mol. The van der Waals surface area contributed by atoms with Crippen LogP contribution in [0.4, 0.5) is 5.95 Å². The third-order valence-corrected chi connectivity index (χ3v) is 2.40. The van der Waals surface area contributed by atoms with Gasteiger partial charge in [0.2, 0.25) is 0 Å². The van der Waals surface area contributed by atoms with Gasteiger partial charge in [-0.2, -0.15) is 0 Å². The Labute approximate surface area is 88.6 Å². The fourth-order valence-electron chi connectivity index (χ4n) is 1.58. The Balaban J connectivity index is 2.02. The van der Waals surface area contributed by atoms with Gasteiger partial charge < -0.3 is 10.7 Å². The number of aromatic amines is 1. The Kier molecular flexibility index (Phi) is 2.67. The van der Waals surface area contributed by atoms with Crippen LogP contribution in [0.15, 0.2) is 24.5 Å². The molecular weight excluding hydrogens is 188 g/mol. The second-order valence-corrected chi connectivity index (χ2v) is 3.55. The average molecular weight is 202 g/mol. The van der Waals surface area contributed by atoms with Gasteiger partial charge >= 0.3 is 0 Å². The van der Waals surface area contributed by atoms with Crippen LogP contribution < -0.4 is 5.73 Å². The van der Waals surface area contributed by atoms with Crippen molar-refractivity contribution >= 4 is 5.95 Å². The molecule has 0 aliphatic heterocycles. The van der Waals surface area contributed by atoms with Crippen LogP contribution in [-0.4, -0.2) is 15.0 Å². The number of hydrogen-bond donors (Lipinski definition) is 2. The SMILES string of the molecule is Cc1[nH]c(N)nc1CCc1ccncc1. The van der Waals surface area contributed by atoms with Crippen LogP contribution in [0.3, 0.4) is 0 Å². The monoisotopic (exact) mass is 202 g/mol. The van der Waals surface area contributed by atoms with Crippen molar-refractivity contribution in [2.24, 2.45) is 0 Å². The van der Waals surface area contributed by atoms with Crippen molar-refractivity contribution in [2.75, 3.05) is 5.73 Å². The van der Waals surface area contributed by atoms with Crippen molar-refractivity contribution in [3.8, 4) is 0 Å². The fraction of sp³-hybridized carbons (Fsp3) is 0.273. The number of H-pyrrole nitrogens is 1. The van der Waals surface area contributed by atoms with Gasteiger partial charge in [0.1, 0.15) is 0 Å². The van der Waals surface area contributed by atoms with E-state index in [1.54, 1.807) is 12.4 Å². The molecule has 0 radical (unpaired) electrons. The number of nitrogens with one attached hydrogen (secondary N) is 1. The molecule has 0 atom stereocenters. The third-order valence-electron chi connectivity index (χ3n) is 2.40. The molecule has 78 valence electrons. The van der Waals surface area contributed by atoms with Gasteiger partial charge in [0.25, 0.3) is 0 Å². The largest absolute Gasteiger partial charge is 0.369 e. The van der Waals surface area contributed by atoms with E-state index < -0.39 is 0 Å². The Hall–Kier alpha value is -1.84. The molecule has 2 aromatic rings. The minimum absolute atomic E-state index is 0.497. The van der Waals surface area contributed by atoms with Crippen LogP contribution in [0, 0.1) is 6.92 Å². The van der Waals surface area contributed by atoms with Crippen LogP contribution in [0.1, 0.15) is 17.0 Å². The number of rotatable bonds is 3. The molecule has 0 aliphatic rings. The van der Waals surface area contributed by atoms with E-state index in [0.717, 1.165) is 24.2 Å². The molecule has 0 unspecified atom stereocenters. The topological polar surface area (TPSA) is 67.6 Å². The predicted octanol–water partition coefficient (Wildman–Crippen LogP) is 1.48. The normalized spacial score (nSPS) is 10.5. The number of aromatic nitrogens is 3. The lowest BCUT2D eigenvalue weighted by molar-refractivity contribution is 0.911. The molecule has 3 N–H and O–H groups in total. The Bertz CT molecular complexity index is 433. The molecule has 2 heterocycles. The number of nitrogens with two attached hydrogens (primary N) is 1. The van der Waals surface area contributed by atoms with Crippen molar-refractivity contribution in [3.05, 3.63) is 41.5 Å². The molecule has 15 heavy (non-hydrogen) atoms. The molecule has 2 rings (SSSR count). The summed E-state index contributed by atoms with van der Waals surface area (Å²) in [6, 6.07) is 4.04. The van der Waals surface area contributed by atoms with Crippen molar-refractivity contribution in [1.82, 2.24) is 15.0 Å². The van der Waals surface area contributed by atoms with Gasteiger partial charge in [-0.25, -0.2) is 4.98 Å². The summed E-state index contributed by atoms with van der Waals surface area (Å²) in [5.74, 6) is 0.497. The second kappa shape index (κ2) is 4.13. The van der Waals surface area contributed by atoms with Gasteiger partial charge in [-0.05, 0) is 37.5 Å².